The van der Waals surface area contributed by atoms with E-state index in [1.807, 2.05) is 36.4 Å². The number of aliphatic hydroxyl groups is 1. The third kappa shape index (κ3) is 6.88. The van der Waals surface area contributed by atoms with Crippen LogP contribution in [0.5, 0.6) is 5.75 Å². The number of phenolic OH excluding ortho intramolecular Hbond substituents is 1. The summed E-state index contributed by atoms with van der Waals surface area (Å²) in [5.74, 6) is 1.10. The van der Waals surface area contributed by atoms with Crippen molar-refractivity contribution in [2.24, 2.45) is 0 Å². The van der Waals surface area contributed by atoms with Crippen molar-refractivity contribution >= 4 is 0 Å². The van der Waals surface area contributed by atoms with Crippen LogP contribution in [0.3, 0.4) is 0 Å². The van der Waals surface area contributed by atoms with Gasteiger partial charge in [-0.1, -0.05) is 53.7 Å². The van der Waals surface area contributed by atoms with E-state index in [-0.39, 0.29) is 18.0 Å². The van der Waals surface area contributed by atoms with E-state index in [0.29, 0.717) is 32.5 Å². The first kappa shape index (κ1) is 23.4. The van der Waals surface area contributed by atoms with Gasteiger partial charge < -0.3 is 24.8 Å². The number of hydrogen-bond donors (Lipinski definition) is 3. The van der Waals surface area contributed by atoms with Crippen molar-refractivity contribution < 1.29 is 19.5 Å². The molecule has 3 aromatic rings. The third-order valence-corrected chi connectivity index (χ3v) is 6.00. The maximum absolute atomic E-state index is 10.4. The van der Waals surface area contributed by atoms with Crippen LogP contribution in [0.1, 0.15) is 35.4 Å². The monoisotopic (exact) mass is 451 g/mol. The number of nitrogens with one attached hydrogen (secondary N) is 1. The Morgan fingerprint density at radius 2 is 1.85 bits per heavy atom. The molecule has 0 aliphatic carbocycles. The summed E-state index contributed by atoms with van der Waals surface area (Å²) in [7, 11) is 2.06. The number of ether oxygens (including phenoxy) is 1. The zero-order chi connectivity index (χ0) is 23.0. The van der Waals surface area contributed by atoms with E-state index in [9.17, 15) is 10.2 Å². The molecule has 0 amide bonds. The van der Waals surface area contributed by atoms with Gasteiger partial charge in [0.25, 0.3) is 0 Å². The lowest BCUT2D eigenvalue weighted by Crippen LogP contribution is -2.45. The Bertz CT molecular complexity index is 994. The largest absolute Gasteiger partial charge is 0.508 e. The van der Waals surface area contributed by atoms with Crippen LogP contribution >= 0.6 is 0 Å². The second kappa shape index (κ2) is 11.4. The molecule has 3 atom stereocenters. The lowest BCUT2D eigenvalue weighted by atomic mass is 9.98. The van der Waals surface area contributed by atoms with Gasteiger partial charge >= 0.3 is 0 Å². The van der Waals surface area contributed by atoms with Gasteiger partial charge in [-0.15, -0.1) is 0 Å². The Labute approximate surface area is 195 Å². The highest BCUT2D eigenvalue weighted by Crippen LogP contribution is 2.23. The molecule has 1 saturated heterocycles. The molecule has 1 aromatic heterocycles. The van der Waals surface area contributed by atoms with Crippen LogP contribution in [-0.2, 0) is 30.8 Å². The lowest BCUT2D eigenvalue weighted by molar-refractivity contribution is -0.115. The number of aromatic hydroxyl groups is 1. The summed E-state index contributed by atoms with van der Waals surface area (Å²) in [4.78, 5) is 2.19. The molecule has 3 N–H and O–H groups in total. The minimum atomic E-state index is -0.502. The summed E-state index contributed by atoms with van der Waals surface area (Å²) < 4.78 is 11.7. The first-order valence-corrected chi connectivity index (χ1v) is 11.5. The molecule has 0 saturated carbocycles. The normalized spacial score (nSPS) is 20.9. The van der Waals surface area contributed by atoms with Crippen molar-refractivity contribution in [1.29, 1.82) is 0 Å². The van der Waals surface area contributed by atoms with E-state index < -0.39 is 6.10 Å². The van der Waals surface area contributed by atoms with Gasteiger partial charge in [0.2, 0.25) is 0 Å². The molecule has 1 aliphatic heterocycles. The highest BCUT2D eigenvalue weighted by molar-refractivity contribution is 5.31. The first-order valence-electron chi connectivity index (χ1n) is 11.5. The molecule has 7 nitrogen and oxygen atoms in total. The number of aliphatic hydroxyl groups excluding tert-OH is 1. The van der Waals surface area contributed by atoms with E-state index in [2.05, 4.69) is 34.6 Å². The van der Waals surface area contributed by atoms with Gasteiger partial charge in [0.15, 0.2) is 5.76 Å². The van der Waals surface area contributed by atoms with Gasteiger partial charge in [0.05, 0.1) is 30.6 Å². The quantitative estimate of drug-likeness (QED) is 0.436. The lowest BCUT2D eigenvalue weighted by Gasteiger charge is -2.34. The van der Waals surface area contributed by atoms with E-state index in [1.165, 1.54) is 5.56 Å². The topological polar surface area (TPSA) is 91.0 Å². The number of para-hydroxylation sites is 1. The van der Waals surface area contributed by atoms with Gasteiger partial charge in [-0.25, -0.2) is 0 Å². The summed E-state index contributed by atoms with van der Waals surface area (Å²) in [5.41, 5.74) is 2.96. The SMILES string of the molecule is CN(Cc1ccccc1)Cc1cc(CC2CCC(O)C(CNCc3ccccc3O)O2)no1. The van der Waals surface area contributed by atoms with Gasteiger partial charge in [-0.2, -0.15) is 0 Å². The van der Waals surface area contributed by atoms with Crippen LogP contribution in [0.15, 0.2) is 65.2 Å². The molecule has 1 fully saturated rings. The number of phenols is 1. The van der Waals surface area contributed by atoms with Gasteiger partial charge in [-0.05, 0) is 31.5 Å². The summed E-state index contributed by atoms with van der Waals surface area (Å²) in [5, 5.41) is 27.8. The van der Waals surface area contributed by atoms with Crippen LogP contribution in [0.4, 0.5) is 0 Å². The van der Waals surface area contributed by atoms with Crippen molar-refractivity contribution in [3.05, 3.63) is 83.2 Å². The molecule has 3 unspecified atom stereocenters. The number of aromatic nitrogens is 1. The number of hydrogen-bond acceptors (Lipinski definition) is 7. The molecule has 33 heavy (non-hydrogen) atoms. The van der Waals surface area contributed by atoms with E-state index in [1.54, 1.807) is 12.1 Å². The van der Waals surface area contributed by atoms with Crippen molar-refractivity contribution in [3.8, 4) is 5.75 Å². The summed E-state index contributed by atoms with van der Waals surface area (Å²) in [6.45, 7) is 2.56. The van der Waals surface area contributed by atoms with Gasteiger partial charge in [-0.3, -0.25) is 4.90 Å². The van der Waals surface area contributed by atoms with Crippen molar-refractivity contribution in [2.45, 2.75) is 57.2 Å². The summed E-state index contributed by atoms with van der Waals surface area (Å²) in [6, 6.07) is 19.6. The Morgan fingerprint density at radius 1 is 1.06 bits per heavy atom. The second-order valence-corrected chi connectivity index (χ2v) is 8.85. The average Bonchev–Trinajstić information content (AvgIpc) is 3.24. The smallest absolute Gasteiger partial charge is 0.150 e. The molecule has 2 heterocycles. The first-order chi connectivity index (χ1) is 16.1. The highest BCUT2D eigenvalue weighted by atomic mass is 16.5. The van der Waals surface area contributed by atoms with Crippen LogP contribution < -0.4 is 5.32 Å². The summed E-state index contributed by atoms with van der Waals surface area (Å²) in [6.07, 6.45) is 1.33. The predicted molar refractivity (Wildman–Crippen MR) is 126 cm³/mol. The number of rotatable bonds is 10. The van der Waals surface area contributed by atoms with Crippen LogP contribution in [-0.4, -0.2) is 52.2 Å². The van der Waals surface area contributed by atoms with Crippen molar-refractivity contribution in [2.75, 3.05) is 13.6 Å². The molecular formula is C26H33N3O4. The van der Waals surface area contributed by atoms with Gasteiger partial charge in [0, 0.05) is 37.7 Å². The molecule has 0 bridgehead atoms. The predicted octanol–water partition coefficient (Wildman–Crippen LogP) is 3.25. The second-order valence-electron chi connectivity index (χ2n) is 8.85. The maximum Gasteiger partial charge on any atom is 0.150 e. The fourth-order valence-electron chi connectivity index (χ4n) is 4.27. The number of nitrogens with zero attached hydrogens (tertiary/aromatic N) is 2. The standard InChI is InChI=1S/C26H33N3O4/c1-29(17-19-7-3-2-4-8-19)18-23-14-21(28-33-23)13-22-11-12-25(31)26(32-22)16-27-15-20-9-5-6-10-24(20)30/h2-10,14,22,25-27,30-31H,11-13,15-18H2,1H3. The van der Waals surface area contributed by atoms with Crippen molar-refractivity contribution in [1.82, 2.24) is 15.4 Å². The Hall–Kier alpha value is -2.71. The molecular weight excluding hydrogens is 418 g/mol. The maximum atomic E-state index is 10.4. The van der Waals surface area contributed by atoms with Gasteiger partial charge in [0.1, 0.15) is 5.75 Å². The van der Waals surface area contributed by atoms with Crippen LogP contribution in [0.2, 0.25) is 0 Å². The van der Waals surface area contributed by atoms with Crippen LogP contribution in [0.25, 0.3) is 0 Å². The van der Waals surface area contributed by atoms with Crippen molar-refractivity contribution in [3.63, 3.8) is 0 Å². The average molecular weight is 452 g/mol. The zero-order valence-corrected chi connectivity index (χ0v) is 19.1. The highest BCUT2D eigenvalue weighted by Gasteiger charge is 2.30. The Morgan fingerprint density at radius 3 is 2.67 bits per heavy atom. The molecule has 0 spiro atoms. The van der Waals surface area contributed by atoms with E-state index >= 15 is 0 Å². The molecule has 4 rings (SSSR count). The minimum Gasteiger partial charge on any atom is -0.508 e. The third-order valence-electron chi connectivity index (χ3n) is 6.00. The molecule has 2 aromatic carbocycles. The van der Waals surface area contributed by atoms with Crippen LogP contribution in [0, 0.1) is 0 Å². The Kier molecular flexibility index (Phi) is 8.12. The summed E-state index contributed by atoms with van der Waals surface area (Å²) >= 11 is 0. The van der Waals surface area contributed by atoms with E-state index in [0.717, 1.165) is 30.0 Å². The fraction of sp³-hybridized carbons (Fsp3) is 0.423. The molecule has 176 valence electrons. The molecule has 7 heteroatoms. The van der Waals surface area contributed by atoms with E-state index in [4.69, 9.17) is 9.26 Å². The Balaban J connectivity index is 1.24. The molecule has 0 radical (unpaired) electrons. The zero-order valence-electron chi connectivity index (χ0n) is 19.1. The molecule has 1 aliphatic rings. The fourth-order valence-corrected chi connectivity index (χ4v) is 4.27. The number of benzene rings is 2. The minimum absolute atomic E-state index is 0.00896.